The number of benzene rings is 1. The molecule has 2 N–H and O–H groups in total. The van der Waals surface area contributed by atoms with Crippen LogP contribution in [0.25, 0.3) is 27.8 Å². The number of imidazole rings is 1. The molecule has 1 aliphatic heterocycles. The van der Waals surface area contributed by atoms with Gasteiger partial charge in [-0.15, -0.1) is 0 Å². The van der Waals surface area contributed by atoms with E-state index in [9.17, 15) is 13.6 Å². The molecule has 5 rings (SSSR count). The second-order valence-electron chi connectivity index (χ2n) is 7.39. The molecule has 1 aliphatic rings. The SMILES string of the molecule is C[C@@H]1CN(c2ccc3[nH]c(=O)c4nc5cc(F)c(F)cc5n4c3n2)C[C@H](C)N1. The fourth-order valence-electron chi connectivity index (χ4n) is 4.01. The number of H-pyrrole nitrogens is 1. The number of nitrogens with zero attached hydrogens (tertiary/aromatic N) is 4. The van der Waals surface area contributed by atoms with Crippen molar-refractivity contribution < 1.29 is 8.78 Å². The van der Waals surface area contributed by atoms with Crippen molar-refractivity contribution in [3.8, 4) is 0 Å². The predicted octanol–water partition coefficient (Wildman–Crippen LogP) is 2.19. The Balaban J connectivity index is 1.80. The Morgan fingerprint density at radius 1 is 1.04 bits per heavy atom. The largest absolute Gasteiger partial charge is 0.353 e. The van der Waals surface area contributed by atoms with Crippen molar-refractivity contribution in [2.45, 2.75) is 25.9 Å². The second-order valence-corrected chi connectivity index (χ2v) is 7.39. The molecule has 3 aromatic heterocycles. The highest BCUT2D eigenvalue weighted by Crippen LogP contribution is 2.24. The van der Waals surface area contributed by atoms with Crippen LogP contribution < -0.4 is 15.8 Å². The predicted molar refractivity (Wildman–Crippen MR) is 103 cm³/mol. The summed E-state index contributed by atoms with van der Waals surface area (Å²) in [6.45, 7) is 5.81. The Bertz CT molecular complexity index is 1290. The van der Waals surface area contributed by atoms with Crippen LogP contribution in [0.4, 0.5) is 14.6 Å². The van der Waals surface area contributed by atoms with E-state index in [1.54, 1.807) is 6.07 Å². The summed E-state index contributed by atoms with van der Waals surface area (Å²) in [5.41, 5.74) is 1.06. The van der Waals surface area contributed by atoms with Crippen molar-refractivity contribution in [3.05, 3.63) is 46.3 Å². The second kappa shape index (κ2) is 5.96. The van der Waals surface area contributed by atoms with Gasteiger partial charge in [-0.1, -0.05) is 0 Å². The molecule has 4 aromatic rings. The monoisotopic (exact) mass is 384 g/mol. The van der Waals surface area contributed by atoms with Gasteiger partial charge in [0.05, 0.1) is 16.6 Å². The van der Waals surface area contributed by atoms with Crippen LogP contribution in [0.15, 0.2) is 29.1 Å². The van der Waals surface area contributed by atoms with E-state index >= 15 is 0 Å². The molecule has 0 radical (unpaired) electrons. The summed E-state index contributed by atoms with van der Waals surface area (Å²) in [7, 11) is 0. The van der Waals surface area contributed by atoms with Crippen molar-refractivity contribution >= 4 is 33.7 Å². The third kappa shape index (κ3) is 2.54. The number of nitrogens with one attached hydrogen (secondary N) is 2. The van der Waals surface area contributed by atoms with Gasteiger partial charge in [-0.2, -0.15) is 0 Å². The molecule has 1 saturated heterocycles. The quantitative estimate of drug-likeness (QED) is 0.526. The van der Waals surface area contributed by atoms with Crippen LogP contribution >= 0.6 is 0 Å². The maximum Gasteiger partial charge on any atom is 0.292 e. The first kappa shape index (κ1) is 17.1. The zero-order valence-electron chi connectivity index (χ0n) is 15.3. The van der Waals surface area contributed by atoms with E-state index in [1.807, 2.05) is 6.07 Å². The number of hydrogen-bond donors (Lipinski definition) is 2. The Kier molecular flexibility index (Phi) is 3.63. The van der Waals surface area contributed by atoms with Gasteiger partial charge in [0.25, 0.3) is 5.56 Å². The molecule has 2 atom stereocenters. The number of rotatable bonds is 1. The van der Waals surface area contributed by atoms with E-state index < -0.39 is 17.2 Å². The molecule has 0 aliphatic carbocycles. The summed E-state index contributed by atoms with van der Waals surface area (Å²) in [4.78, 5) is 26.3. The highest BCUT2D eigenvalue weighted by atomic mass is 19.2. The number of anilines is 1. The average molecular weight is 384 g/mol. The Morgan fingerprint density at radius 3 is 2.50 bits per heavy atom. The minimum Gasteiger partial charge on any atom is -0.353 e. The van der Waals surface area contributed by atoms with Crippen molar-refractivity contribution in [1.29, 1.82) is 0 Å². The Morgan fingerprint density at radius 2 is 1.75 bits per heavy atom. The van der Waals surface area contributed by atoms with Gasteiger partial charge < -0.3 is 15.2 Å². The van der Waals surface area contributed by atoms with Crippen molar-refractivity contribution in [1.82, 2.24) is 24.7 Å². The number of piperazine rings is 1. The fraction of sp³-hybridized carbons (Fsp3) is 0.316. The zero-order valence-corrected chi connectivity index (χ0v) is 15.3. The van der Waals surface area contributed by atoms with Crippen molar-refractivity contribution in [2.75, 3.05) is 18.0 Å². The molecule has 9 heteroatoms. The smallest absolute Gasteiger partial charge is 0.292 e. The molecular formula is C19H18F2N6O. The molecule has 0 amide bonds. The van der Waals surface area contributed by atoms with E-state index in [4.69, 9.17) is 4.98 Å². The lowest BCUT2D eigenvalue weighted by Gasteiger charge is -2.36. The minimum absolute atomic E-state index is 0.0548. The lowest BCUT2D eigenvalue weighted by molar-refractivity contribution is 0.405. The van der Waals surface area contributed by atoms with Crippen LogP contribution in [0.5, 0.6) is 0 Å². The van der Waals surface area contributed by atoms with Gasteiger partial charge in [0, 0.05) is 37.3 Å². The summed E-state index contributed by atoms with van der Waals surface area (Å²) < 4.78 is 29.0. The van der Waals surface area contributed by atoms with Crippen molar-refractivity contribution in [2.24, 2.45) is 0 Å². The van der Waals surface area contributed by atoms with E-state index in [-0.39, 0.29) is 11.2 Å². The Labute approximate surface area is 158 Å². The standard InChI is InChI=1S/C19H18F2N6O/c1-9-7-26(8-10(2)22-9)16-4-3-13-17(25-16)27-15-6-12(21)11(20)5-14(15)23-18(27)19(28)24-13/h3-6,9-10,22H,7-8H2,1-2H3,(H,24,28)/t9-,10+. The first-order valence-corrected chi connectivity index (χ1v) is 9.12. The third-order valence-corrected chi connectivity index (χ3v) is 5.10. The van der Waals surface area contributed by atoms with Crippen LogP contribution in [0.1, 0.15) is 13.8 Å². The van der Waals surface area contributed by atoms with E-state index in [0.717, 1.165) is 31.0 Å². The minimum atomic E-state index is -1.01. The summed E-state index contributed by atoms with van der Waals surface area (Å²) in [6.07, 6.45) is 0. The number of fused-ring (bicyclic) bond motifs is 5. The maximum absolute atomic E-state index is 13.9. The molecule has 0 spiro atoms. The maximum atomic E-state index is 13.9. The van der Waals surface area contributed by atoms with Gasteiger partial charge in [0.2, 0.25) is 5.65 Å². The summed E-state index contributed by atoms with van der Waals surface area (Å²) >= 11 is 0. The number of halogens is 2. The molecular weight excluding hydrogens is 366 g/mol. The molecule has 1 fully saturated rings. The number of hydrogen-bond acceptors (Lipinski definition) is 5. The molecule has 0 bridgehead atoms. The molecule has 0 unspecified atom stereocenters. The lowest BCUT2D eigenvalue weighted by Crippen LogP contribution is -2.54. The average Bonchev–Trinajstić information content (AvgIpc) is 3.00. The highest BCUT2D eigenvalue weighted by Gasteiger charge is 2.23. The van der Waals surface area contributed by atoms with Gasteiger partial charge in [-0.25, -0.2) is 18.7 Å². The highest BCUT2D eigenvalue weighted by molar-refractivity contribution is 5.87. The topological polar surface area (TPSA) is 78.3 Å². The summed E-state index contributed by atoms with van der Waals surface area (Å²) in [5, 5.41) is 3.48. The van der Waals surface area contributed by atoms with Gasteiger partial charge in [0.15, 0.2) is 17.3 Å². The zero-order chi connectivity index (χ0) is 19.6. The first-order valence-electron chi connectivity index (χ1n) is 9.12. The van der Waals surface area contributed by atoms with Crippen LogP contribution in [-0.4, -0.2) is 44.5 Å². The van der Waals surface area contributed by atoms with E-state index in [2.05, 4.69) is 34.0 Å². The van der Waals surface area contributed by atoms with Crippen LogP contribution in [0.2, 0.25) is 0 Å². The first-order chi connectivity index (χ1) is 13.4. The van der Waals surface area contributed by atoms with E-state index in [1.165, 1.54) is 4.40 Å². The van der Waals surface area contributed by atoms with Gasteiger partial charge in [-0.3, -0.25) is 9.20 Å². The summed E-state index contributed by atoms with van der Waals surface area (Å²) in [5.74, 6) is -1.25. The van der Waals surface area contributed by atoms with Gasteiger partial charge in [-0.05, 0) is 26.0 Å². The molecule has 4 heterocycles. The number of aromatic nitrogens is 4. The van der Waals surface area contributed by atoms with Crippen LogP contribution in [-0.2, 0) is 0 Å². The molecule has 28 heavy (non-hydrogen) atoms. The van der Waals surface area contributed by atoms with Crippen LogP contribution in [0, 0.1) is 11.6 Å². The van der Waals surface area contributed by atoms with Gasteiger partial charge in [0.1, 0.15) is 5.82 Å². The Hall–Kier alpha value is -3.07. The molecule has 0 saturated carbocycles. The molecule has 7 nitrogen and oxygen atoms in total. The van der Waals surface area contributed by atoms with Crippen molar-refractivity contribution in [3.63, 3.8) is 0 Å². The van der Waals surface area contributed by atoms with Gasteiger partial charge >= 0.3 is 0 Å². The third-order valence-electron chi connectivity index (χ3n) is 5.10. The number of pyridine rings is 1. The lowest BCUT2D eigenvalue weighted by atomic mass is 10.1. The normalized spacial score (nSPS) is 20.5. The number of aromatic amines is 1. The molecule has 144 valence electrons. The molecule has 1 aromatic carbocycles. The van der Waals surface area contributed by atoms with E-state index in [0.29, 0.717) is 28.8 Å². The summed E-state index contributed by atoms with van der Waals surface area (Å²) in [6, 6.07) is 6.29. The fourth-order valence-corrected chi connectivity index (χ4v) is 4.01. The van der Waals surface area contributed by atoms with Crippen LogP contribution in [0.3, 0.4) is 0 Å².